The zero-order valence-corrected chi connectivity index (χ0v) is 21.5. The summed E-state index contributed by atoms with van der Waals surface area (Å²) in [7, 11) is -3.94. The highest BCUT2D eigenvalue weighted by Crippen LogP contribution is 2.37. The number of pyridine rings is 1. The first-order valence-corrected chi connectivity index (χ1v) is 13.4. The van der Waals surface area contributed by atoms with Crippen LogP contribution in [0.2, 0.25) is 0 Å². The number of fused-ring (bicyclic) bond motifs is 3. The molecule has 4 aromatic rings. The van der Waals surface area contributed by atoms with Gasteiger partial charge in [-0.15, -0.1) is 11.3 Å². The maximum atomic E-state index is 13.2. The van der Waals surface area contributed by atoms with Gasteiger partial charge in [-0.2, -0.15) is 4.72 Å². The first kappa shape index (κ1) is 24.3. The molecule has 0 saturated heterocycles. The van der Waals surface area contributed by atoms with Gasteiger partial charge in [-0.25, -0.2) is 8.42 Å². The van der Waals surface area contributed by atoms with Crippen molar-refractivity contribution in [3.05, 3.63) is 60.9 Å². The predicted octanol–water partition coefficient (Wildman–Crippen LogP) is 5.76. The molecule has 2 aromatic carbocycles. The zero-order valence-electron chi connectivity index (χ0n) is 19.8. The summed E-state index contributed by atoms with van der Waals surface area (Å²) in [4.78, 5) is 16.9. The number of esters is 1. The van der Waals surface area contributed by atoms with Crippen LogP contribution in [-0.4, -0.2) is 31.0 Å². The van der Waals surface area contributed by atoms with Crippen molar-refractivity contribution in [2.75, 3.05) is 0 Å². The second-order valence-corrected chi connectivity index (χ2v) is 12.4. The highest BCUT2D eigenvalue weighted by Gasteiger charge is 2.32. The number of carbonyl (C=O) groups is 1. The van der Waals surface area contributed by atoms with Crippen molar-refractivity contribution in [3.63, 3.8) is 0 Å². The van der Waals surface area contributed by atoms with E-state index in [0.29, 0.717) is 0 Å². The average Bonchev–Trinajstić information content (AvgIpc) is 3.14. The lowest BCUT2D eigenvalue weighted by Crippen LogP contribution is -2.47. The molecule has 6 nitrogen and oxygen atoms in total. The largest absolute Gasteiger partial charge is 0.459 e. The molecule has 0 aliphatic heterocycles. The third kappa shape index (κ3) is 5.14. The molecule has 0 amide bonds. The minimum absolute atomic E-state index is 0.119. The van der Waals surface area contributed by atoms with Crippen molar-refractivity contribution in [3.8, 4) is 11.1 Å². The second-order valence-electron chi connectivity index (χ2n) is 9.59. The number of rotatable bonds is 6. The van der Waals surface area contributed by atoms with Gasteiger partial charge in [0.1, 0.15) is 11.6 Å². The lowest BCUT2D eigenvalue weighted by Gasteiger charge is -2.26. The summed E-state index contributed by atoms with van der Waals surface area (Å²) in [6.45, 7) is 8.84. The third-order valence-electron chi connectivity index (χ3n) is 5.36. The van der Waals surface area contributed by atoms with Crippen LogP contribution in [0.5, 0.6) is 0 Å². The van der Waals surface area contributed by atoms with E-state index in [1.807, 2.05) is 36.5 Å². The van der Waals surface area contributed by atoms with Crippen LogP contribution in [0.25, 0.3) is 31.3 Å². The van der Waals surface area contributed by atoms with Crippen LogP contribution in [0, 0.1) is 5.92 Å². The Labute approximate surface area is 204 Å². The standard InChI is InChI=1S/C26H28N2O4S2/c1-16(2)24(25(29)32-26(3,4)5)28-34(30,31)19-9-10-20-21-13-17(18-7-6-12-27-15-18)8-11-22(21)33-23(20)14-19/h6-16,24,28H,1-5H3/t24-/m0/s1. The van der Waals surface area contributed by atoms with E-state index in [-0.39, 0.29) is 10.8 Å². The highest BCUT2D eigenvalue weighted by molar-refractivity contribution is 7.89. The van der Waals surface area contributed by atoms with Crippen LogP contribution in [0.1, 0.15) is 34.6 Å². The number of hydrogen-bond donors (Lipinski definition) is 1. The van der Waals surface area contributed by atoms with Gasteiger partial charge in [-0.05, 0) is 62.6 Å². The second kappa shape index (κ2) is 9.09. The van der Waals surface area contributed by atoms with Crippen molar-refractivity contribution < 1.29 is 17.9 Å². The summed E-state index contributed by atoms with van der Waals surface area (Å²) in [5, 5.41) is 2.05. The summed E-state index contributed by atoms with van der Waals surface area (Å²) < 4.78 is 36.3. The molecule has 8 heteroatoms. The Bertz CT molecular complexity index is 1450. The molecule has 0 aliphatic carbocycles. The monoisotopic (exact) mass is 496 g/mol. The molecule has 0 fully saturated rings. The highest BCUT2D eigenvalue weighted by atomic mass is 32.2. The van der Waals surface area contributed by atoms with E-state index >= 15 is 0 Å². The molecule has 0 bridgehead atoms. The van der Waals surface area contributed by atoms with Gasteiger partial charge in [0.15, 0.2) is 0 Å². The molecular formula is C26H28N2O4S2. The fraction of sp³-hybridized carbons (Fsp3) is 0.308. The zero-order chi connectivity index (χ0) is 24.7. The molecule has 4 rings (SSSR count). The number of nitrogens with one attached hydrogen (secondary N) is 1. The number of aromatic nitrogens is 1. The smallest absolute Gasteiger partial charge is 0.324 e. The van der Waals surface area contributed by atoms with Crippen LogP contribution in [0.3, 0.4) is 0 Å². The van der Waals surface area contributed by atoms with Gasteiger partial charge >= 0.3 is 5.97 Å². The quantitative estimate of drug-likeness (QED) is 0.343. The van der Waals surface area contributed by atoms with Gasteiger partial charge in [0.05, 0.1) is 4.90 Å². The fourth-order valence-electron chi connectivity index (χ4n) is 3.69. The topological polar surface area (TPSA) is 85.4 Å². The van der Waals surface area contributed by atoms with Gasteiger partial charge in [0.2, 0.25) is 10.0 Å². The molecule has 2 aromatic heterocycles. The van der Waals surface area contributed by atoms with Crippen molar-refractivity contribution in [2.45, 2.75) is 51.2 Å². The Morgan fingerprint density at radius 1 is 1.00 bits per heavy atom. The predicted molar refractivity (Wildman–Crippen MR) is 137 cm³/mol. The Hall–Kier alpha value is -2.81. The van der Waals surface area contributed by atoms with Crippen molar-refractivity contribution >= 4 is 47.5 Å². The maximum Gasteiger partial charge on any atom is 0.324 e. The van der Waals surface area contributed by atoms with Gasteiger partial charge in [-0.1, -0.05) is 32.0 Å². The van der Waals surface area contributed by atoms with E-state index in [2.05, 4.69) is 15.8 Å². The van der Waals surface area contributed by atoms with E-state index in [0.717, 1.165) is 31.3 Å². The number of hydrogen-bond acceptors (Lipinski definition) is 6. The Balaban J connectivity index is 1.68. The summed E-state index contributed by atoms with van der Waals surface area (Å²) in [5.41, 5.74) is 1.37. The van der Waals surface area contributed by atoms with E-state index < -0.39 is 27.6 Å². The molecule has 1 N–H and O–H groups in total. The van der Waals surface area contributed by atoms with E-state index in [1.165, 1.54) is 11.3 Å². The van der Waals surface area contributed by atoms with Crippen LogP contribution in [0.4, 0.5) is 0 Å². The minimum Gasteiger partial charge on any atom is -0.459 e. The average molecular weight is 497 g/mol. The molecule has 0 saturated carbocycles. The normalized spacial score (nSPS) is 13.5. The summed E-state index contributed by atoms with van der Waals surface area (Å²) in [6, 6.07) is 14.2. The summed E-state index contributed by atoms with van der Waals surface area (Å²) >= 11 is 1.54. The first-order valence-electron chi connectivity index (χ1n) is 11.1. The number of nitrogens with zero attached hydrogens (tertiary/aromatic N) is 1. The SMILES string of the molecule is CC(C)[C@H](NS(=O)(=O)c1ccc2c(c1)sc1ccc(-c3cccnc3)cc12)C(=O)OC(C)(C)C. The lowest BCUT2D eigenvalue weighted by atomic mass is 10.0. The molecule has 2 heterocycles. The molecule has 178 valence electrons. The van der Waals surface area contributed by atoms with E-state index in [9.17, 15) is 13.2 Å². The Kier molecular flexibility index (Phi) is 6.50. The van der Waals surface area contributed by atoms with Crippen molar-refractivity contribution in [2.24, 2.45) is 5.92 Å². The first-order chi connectivity index (χ1) is 15.9. The summed E-state index contributed by atoms with van der Waals surface area (Å²) in [6.07, 6.45) is 3.56. The molecule has 1 atom stereocenters. The number of thiophene rings is 1. The van der Waals surface area contributed by atoms with Gasteiger partial charge in [0.25, 0.3) is 0 Å². The minimum atomic E-state index is -3.94. The van der Waals surface area contributed by atoms with Gasteiger partial charge in [0, 0.05) is 38.1 Å². The van der Waals surface area contributed by atoms with E-state index in [4.69, 9.17) is 4.74 Å². The van der Waals surface area contributed by atoms with Gasteiger partial charge in [-0.3, -0.25) is 9.78 Å². The van der Waals surface area contributed by atoms with E-state index in [1.54, 1.807) is 52.9 Å². The van der Waals surface area contributed by atoms with Crippen LogP contribution >= 0.6 is 11.3 Å². The third-order valence-corrected chi connectivity index (χ3v) is 7.93. The summed E-state index contributed by atoms with van der Waals surface area (Å²) in [5.74, 6) is -0.861. The molecular weight excluding hydrogens is 468 g/mol. The van der Waals surface area contributed by atoms with Crippen LogP contribution in [0.15, 0.2) is 65.8 Å². The van der Waals surface area contributed by atoms with Crippen molar-refractivity contribution in [1.29, 1.82) is 0 Å². The Morgan fingerprint density at radius 2 is 1.76 bits per heavy atom. The maximum absolute atomic E-state index is 13.2. The Morgan fingerprint density at radius 3 is 2.41 bits per heavy atom. The molecule has 0 radical (unpaired) electrons. The van der Waals surface area contributed by atoms with Crippen LogP contribution < -0.4 is 4.72 Å². The molecule has 34 heavy (non-hydrogen) atoms. The van der Waals surface area contributed by atoms with Crippen LogP contribution in [-0.2, 0) is 19.6 Å². The number of sulfonamides is 1. The molecule has 0 aliphatic rings. The number of carbonyl (C=O) groups excluding carboxylic acids is 1. The molecule has 0 unspecified atom stereocenters. The molecule has 0 spiro atoms. The number of ether oxygens (including phenoxy) is 1. The lowest BCUT2D eigenvalue weighted by molar-refractivity contribution is -0.158. The van der Waals surface area contributed by atoms with Gasteiger partial charge < -0.3 is 4.74 Å². The fourth-order valence-corrected chi connectivity index (χ4v) is 6.25. The van der Waals surface area contributed by atoms with Crippen molar-refractivity contribution in [1.82, 2.24) is 9.71 Å². The number of benzene rings is 2.